The summed E-state index contributed by atoms with van der Waals surface area (Å²) in [5, 5.41) is 17.9. The summed E-state index contributed by atoms with van der Waals surface area (Å²) in [6, 6.07) is 1.62. The van der Waals surface area contributed by atoms with Gasteiger partial charge in [0.25, 0.3) is 0 Å². The summed E-state index contributed by atoms with van der Waals surface area (Å²) < 4.78 is 1.48. The molecule has 0 radical (unpaired) electrons. The average Bonchev–Trinajstić information content (AvgIpc) is 3.06. The van der Waals surface area contributed by atoms with E-state index in [9.17, 15) is 14.9 Å². The number of nitrogens with one attached hydrogen (secondary N) is 1. The van der Waals surface area contributed by atoms with Gasteiger partial charge in [-0.3, -0.25) is 4.79 Å². The molecule has 26 heavy (non-hydrogen) atoms. The molecule has 4 bridgehead atoms. The Morgan fingerprint density at radius 1 is 1.35 bits per heavy atom. The SMILES string of the molecule is CC[C@@H](NC(=O)CCn1ccc([N+](=O)[O-])n1)C12CC3CC(CC(C3)C1)C2. The van der Waals surface area contributed by atoms with Crippen LogP contribution in [0.3, 0.4) is 0 Å². The number of hydrogen-bond donors (Lipinski definition) is 1. The number of hydrogen-bond acceptors (Lipinski definition) is 4. The van der Waals surface area contributed by atoms with Crippen LogP contribution in [0.25, 0.3) is 0 Å². The number of nitro groups is 1. The van der Waals surface area contributed by atoms with Crippen LogP contribution in [0.5, 0.6) is 0 Å². The van der Waals surface area contributed by atoms with Gasteiger partial charge < -0.3 is 15.4 Å². The van der Waals surface area contributed by atoms with Crippen LogP contribution in [-0.4, -0.2) is 26.7 Å². The lowest BCUT2D eigenvalue weighted by atomic mass is 9.47. The van der Waals surface area contributed by atoms with Gasteiger partial charge in [0.05, 0.1) is 23.9 Å². The second-order valence-corrected chi connectivity index (χ2v) is 8.75. The summed E-state index contributed by atoms with van der Waals surface area (Å²) in [5.74, 6) is 2.47. The van der Waals surface area contributed by atoms with Gasteiger partial charge in [0, 0.05) is 12.5 Å². The van der Waals surface area contributed by atoms with Crippen molar-refractivity contribution in [3.05, 3.63) is 22.4 Å². The largest absolute Gasteiger partial charge is 0.389 e. The number of amides is 1. The van der Waals surface area contributed by atoms with E-state index < -0.39 is 4.92 Å². The van der Waals surface area contributed by atoms with Gasteiger partial charge in [-0.25, -0.2) is 0 Å². The smallest absolute Gasteiger partial charge is 0.358 e. The first-order chi connectivity index (χ1) is 12.5. The Balaban J connectivity index is 1.36. The minimum Gasteiger partial charge on any atom is -0.358 e. The minimum absolute atomic E-state index is 0.0331. The lowest BCUT2D eigenvalue weighted by molar-refractivity contribution is -0.389. The number of carbonyl (C=O) groups excluding carboxylic acids is 1. The van der Waals surface area contributed by atoms with Crippen molar-refractivity contribution < 1.29 is 9.72 Å². The molecule has 0 aliphatic heterocycles. The monoisotopic (exact) mass is 360 g/mol. The van der Waals surface area contributed by atoms with Crippen molar-refractivity contribution in [1.29, 1.82) is 0 Å². The number of aromatic nitrogens is 2. The van der Waals surface area contributed by atoms with E-state index in [1.165, 1.54) is 49.3 Å². The Morgan fingerprint density at radius 2 is 1.96 bits per heavy atom. The fourth-order valence-corrected chi connectivity index (χ4v) is 6.35. The summed E-state index contributed by atoms with van der Waals surface area (Å²) in [7, 11) is 0. The highest BCUT2D eigenvalue weighted by Crippen LogP contribution is 2.61. The molecule has 1 aromatic rings. The summed E-state index contributed by atoms with van der Waals surface area (Å²) in [5.41, 5.74) is 0.309. The predicted octanol–water partition coefficient (Wildman–Crippen LogP) is 3.29. The van der Waals surface area contributed by atoms with E-state index >= 15 is 0 Å². The summed E-state index contributed by atoms with van der Waals surface area (Å²) in [4.78, 5) is 22.7. The highest BCUT2D eigenvalue weighted by molar-refractivity contribution is 5.76. The fraction of sp³-hybridized carbons (Fsp3) is 0.789. The molecule has 7 nitrogen and oxygen atoms in total. The third kappa shape index (κ3) is 3.23. The van der Waals surface area contributed by atoms with Gasteiger partial charge in [0.1, 0.15) is 0 Å². The lowest BCUT2D eigenvalue weighted by Crippen LogP contribution is -2.56. The van der Waals surface area contributed by atoms with Crippen molar-refractivity contribution in [1.82, 2.24) is 15.1 Å². The molecule has 7 heteroatoms. The minimum atomic E-state index is -0.517. The van der Waals surface area contributed by atoms with Crippen molar-refractivity contribution >= 4 is 11.7 Å². The van der Waals surface area contributed by atoms with E-state index in [-0.39, 0.29) is 17.8 Å². The molecule has 4 fully saturated rings. The van der Waals surface area contributed by atoms with Gasteiger partial charge in [-0.1, -0.05) is 6.92 Å². The maximum Gasteiger partial charge on any atom is 0.389 e. The molecule has 1 N–H and O–H groups in total. The quantitative estimate of drug-likeness (QED) is 0.597. The maximum atomic E-state index is 12.5. The second kappa shape index (κ2) is 6.67. The summed E-state index contributed by atoms with van der Waals surface area (Å²) in [6.07, 6.45) is 10.9. The first-order valence-corrected chi connectivity index (χ1v) is 9.94. The molecule has 0 spiro atoms. The standard InChI is InChI=1S/C19H28N4O3/c1-2-16(19-10-13-7-14(11-19)9-15(8-13)12-19)20-18(24)4-6-22-5-3-17(21-22)23(25)26/h3,5,13-16H,2,4,6-12H2,1H3,(H,20,24)/t13?,14?,15?,16-,19?/m1/s1. The molecular weight excluding hydrogens is 332 g/mol. The van der Waals surface area contributed by atoms with Gasteiger partial charge >= 0.3 is 5.82 Å². The van der Waals surface area contributed by atoms with Crippen LogP contribution >= 0.6 is 0 Å². The average molecular weight is 360 g/mol. The van der Waals surface area contributed by atoms with Gasteiger partial charge in [-0.05, 0) is 73.0 Å². The Morgan fingerprint density at radius 3 is 2.46 bits per heavy atom. The Bertz CT molecular complexity index is 663. The molecule has 0 saturated heterocycles. The van der Waals surface area contributed by atoms with Crippen LogP contribution in [0.2, 0.25) is 0 Å². The molecular formula is C19H28N4O3. The molecule has 4 aliphatic rings. The molecule has 4 saturated carbocycles. The van der Waals surface area contributed by atoms with E-state index in [0.717, 1.165) is 24.2 Å². The Hall–Kier alpha value is -1.92. The van der Waals surface area contributed by atoms with Crippen LogP contribution in [0.15, 0.2) is 12.3 Å². The topological polar surface area (TPSA) is 90.1 Å². The van der Waals surface area contributed by atoms with E-state index in [2.05, 4.69) is 17.3 Å². The number of nitrogens with zero attached hydrogens (tertiary/aromatic N) is 3. The Kier molecular flexibility index (Phi) is 4.49. The van der Waals surface area contributed by atoms with Gasteiger partial charge in [0.2, 0.25) is 5.91 Å². The van der Waals surface area contributed by atoms with E-state index in [1.807, 2.05) is 0 Å². The molecule has 1 aromatic heterocycles. The van der Waals surface area contributed by atoms with Crippen molar-refractivity contribution in [2.45, 2.75) is 70.9 Å². The van der Waals surface area contributed by atoms with E-state index in [1.54, 1.807) is 6.20 Å². The van der Waals surface area contributed by atoms with Gasteiger partial charge in [0.15, 0.2) is 0 Å². The van der Waals surface area contributed by atoms with Gasteiger partial charge in [-0.15, -0.1) is 0 Å². The summed E-state index contributed by atoms with van der Waals surface area (Å²) >= 11 is 0. The van der Waals surface area contributed by atoms with Gasteiger partial charge in [-0.2, -0.15) is 4.68 Å². The zero-order valence-electron chi connectivity index (χ0n) is 15.4. The van der Waals surface area contributed by atoms with E-state index in [4.69, 9.17) is 0 Å². The predicted molar refractivity (Wildman–Crippen MR) is 96.3 cm³/mol. The van der Waals surface area contributed by atoms with Crippen LogP contribution in [0.1, 0.15) is 58.3 Å². The molecule has 0 aromatic carbocycles. The summed E-state index contributed by atoms with van der Waals surface area (Å²) in [6.45, 7) is 2.55. The number of rotatable bonds is 7. The molecule has 0 unspecified atom stereocenters. The van der Waals surface area contributed by atoms with Crippen molar-refractivity contribution in [2.75, 3.05) is 0 Å². The third-order valence-electron chi connectivity index (χ3n) is 6.95. The molecule has 1 amide bonds. The molecule has 4 aliphatic carbocycles. The van der Waals surface area contributed by atoms with Crippen molar-refractivity contribution in [3.63, 3.8) is 0 Å². The number of carbonyl (C=O) groups is 1. The maximum absolute atomic E-state index is 12.5. The second-order valence-electron chi connectivity index (χ2n) is 8.75. The fourth-order valence-electron chi connectivity index (χ4n) is 6.35. The lowest BCUT2D eigenvalue weighted by Gasteiger charge is -2.59. The molecule has 1 atom stereocenters. The first kappa shape index (κ1) is 17.5. The van der Waals surface area contributed by atoms with Crippen molar-refractivity contribution in [2.24, 2.45) is 23.2 Å². The zero-order valence-corrected chi connectivity index (χ0v) is 15.4. The highest BCUT2D eigenvalue weighted by Gasteiger charge is 2.53. The number of aryl methyl sites for hydroxylation is 1. The highest BCUT2D eigenvalue weighted by atomic mass is 16.6. The molecule has 142 valence electrons. The molecule has 5 rings (SSSR count). The van der Waals surface area contributed by atoms with Crippen LogP contribution < -0.4 is 5.32 Å². The van der Waals surface area contributed by atoms with Crippen LogP contribution in [0.4, 0.5) is 5.82 Å². The Labute approximate surface area is 153 Å². The van der Waals surface area contributed by atoms with E-state index in [0.29, 0.717) is 18.4 Å². The van der Waals surface area contributed by atoms with Crippen molar-refractivity contribution in [3.8, 4) is 0 Å². The normalized spacial score (nSPS) is 33.2. The zero-order chi connectivity index (χ0) is 18.3. The van der Waals surface area contributed by atoms with Crippen LogP contribution in [-0.2, 0) is 11.3 Å². The van der Waals surface area contributed by atoms with Crippen LogP contribution in [0, 0.1) is 33.3 Å². The molecule has 1 heterocycles. The first-order valence-electron chi connectivity index (χ1n) is 9.94. The third-order valence-corrected chi connectivity index (χ3v) is 6.95.